The lowest BCUT2D eigenvalue weighted by atomic mass is 10.0. The van der Waals surface area contributed by atoms with Crippen LogP contribution in [0.5, 0.6) is 11.5 Å². The summed E-state index contributed by atoms with van der Waals surface area (Å²) in [6, 6.07) is 6.58. The molecule has 0 heterocycles. The number of methoxy groups -OCH3 is 1. The molecular formula is C19H28NO4. The van der Waals surface area contributed by atoms with E-state index in [1.165, 1.54) is 12.8 Å². The van der Waals surface area contributed by atoms with Gasteiger partial charge in [-0.1, -0.05) is 13.0 Å². The van der Waals surface area contributed by atoms with Gasteiger partial charge in [0.05, 0.1) is 19.8 Å². The Morgan fingerprint density at radius 3 is 2.67 bits per heavy atom. The molecule has 0 bridgehead atoms. The van der Waals surface area contributed by atoms with Crippen molar-refractivity contribution in [1.82, 2.24) is 5.32 Å². The van der Waals surface area contributed by atoms with Gasteiger partial charge >= 0.3 is 6.09 Å². The van der Waals surface area contributed by atoms with Gasteiger partial charge < -0.3 is 19.5 Å². The van der Waals surface area contributed by atoms with Crippen molar-refractivity contribution in [2.24, 2.45) is 5.92 Å². The van der Waals surface area contributed by atoms with Crippen LogP contribution in [0.3, 0.4) is 0 Å². The lowest BCUT2D eigenvalue weighted by Gasteiger charge is -2.24. The minimum atomic E-state index is -0.532. The number of hydrogen-bond donors (Lipinski definition) is 1. The van der Waals surface area contributed by atoms with Crippen molar-refractivity contribution in [2.45, 2.75) is 58.6 Å². The largest absolute Gasteiger partial charge is 0.492 e. The molecule has 24 heavy (non-hydrogen) atoms. The van der Waals surface area contributed by atoms with E-state index in [4.69, 9.17) is 14.2 Å². The zero-order valence-corrected chi connectivity index (χ0v) is 15.3. The third-order valence-electron chi connectivity index (χ3n) is 3.78. The van der Waals surface area contributed by atoms with Crippen molar-refractivity contribution < 1.29 is 19.0 Å². The molecule has 1 fully saturated rings. The fourth-order valence-corrected chi connectivity index (χ4v) is 2.41. The van der Waals surface area contributed by atoms with Crippen LogP contribution in [0, 0.1) is 12.0 Å². The maximum Gasteiger partial charge on any atom is 0.408 e. The number of rotatable bonds is 7. The maximum absolute atomic E-state index is 12.1. The third kappa shape index (κ3) is 5.32. The van der Waals surface area contributed by atoms with Gasteiger partial charge in [0.2, 0.25) is 0 Å². The summed E-state index contributed by atoms with van der Waals surface area (Å²) in [7, 11) is 1.61. The van der Waals surface area contributed by atoms with E-state index in [1.54, 1.807) is 13.2 Å². The zero-order valence-electron chi connectivity index (χ0n) is 15.3. The van der Waals surface area contributed by atoms with Crippen molar-refractivity contribution in [3.8, 4) is 11.5 Å². The Morgan fingerprint density at radius 1 is 1.42 bits per heavy atom. The minimum Gasteiger partial charge on any atom is -0.492 e. The van der Waals surface area contributed by atoms with Gasteiger partial charge in [0.25, 0.3) is 0 Å². The summed E-state index contributed by atoms with van der Waals surface area (Å²) in [5, 5.41) is 2.91. The van der Waals surface area contributed by atoms with Crippen LogP contribution in [0.4, 0.5) is 4.79 Å². The number of alkyl carbamates (subject to hydrolysis) is 1. The molecule has 1 amide bonds. The molecule has 0 saturated heterocycles. The summed E-state index contributed by atoms with van der Waals surface area (Å²) in [6.07, 6.45) is 2.71. The van der Waals surface area contributed by atoms with Gasteiger partial charge in [-0.25, -0.2) is 4.79 Å². The molecule has 1 aliphatic carbocycles. The van der Waals surface area contributed by atoms with E-state index in [1.807, 2.05) is 33.8 Å². The van der Waals surface area contributed by atoms with E-state index in [-0.39, 0.29) is 6.04 Å². The molecule has 2 rings (SSSR count). The molecule has 0 aliphatic heterocycles. The fraction of sp³-hybridized carbons (Fsp3) is 0.632. The monoisotopic (exact) mass is 334 g/mol. The van der Waals surface area contributed by atoms with Crippen LogP contribution in [-0.4, -0.2) is 25.4 Å². The molecule has 1 saturated carbocycles. The molecule has 0 aromatic heterocycles. The zero-order chi connectivity index (χ0) is 17.7. The van der Waals surface area contributed by atoms with Crippen molar-refractivity contribution in [2.75, 3.05) is 13.7 Å². The predicted octanol–water partition coefficient (Wildman–Crippen LogP) is 4.26. The first-order chi connectivity index (χ1) is 11.3. The number of ether oxygens (including phenoxy) is 3. The standard InChI is InChI=1S/C19H28NO4/c1-6-15(20-18(21)24-19(2,3)4)14-8-7-9-16(17(14)22-5)23-12-13-10-11-13/h7-8,13,15H,6,10-12H2,1-5H3,(H,20,21)/t15-/m0/s1. The Balaban J connectivity index is 2.13. The average Bonchev–Trinajstić information content (AvgIpc) is 3.32. The molecule has 1 N–H and O–H groups in total. The molecule has 0 unspecified atom stereocenters. The van der Waals surface area contributed by atoms with Crippen molar-refractivity contribution >= 4 is 6.09 Å². The van der Waals surface area contributed by atoms with Crippen LogP contribution >= 0.6 is 0 Å². The summed E-state index contributed by atoms with van der Waals surface area (Å²) < 4.78 is 16.7. The van der Waals surface area contributed by atoms with Gasteiger partial charge in [-0.2, -0.15) is 0 Å². The van der Waals surface area contributed by atoms with Gasteiger partial charge in [0.1, 0.15) is 5.60 Å². The Hall–Kier alpha value is -1.91. The molecule has 133 valence electrons. The molecule has 1 aliphatic rings. The molecule has 1 atom stereocenters. The first-order valence-electron chi connectivity index (χ1n) is 8.55. The second-order valence-electron chi connectivity index (χ2n) is 7.16. The predicted molar refractivity (Wildman–Crippen MR) is 92.5 cm³/mol. The van der Waals surface area contributed by atoms with Crippen molar-refractivity contribution in [3.63, 3.8) is 0 Å². The number of nitrogens with one attached hydrogen (secondary N) is 1. The minimum absolute atomic E-state index is 0.215. The number of amides is 1. The van der Waals surface area contributed by atoms with Gasteiger partial charge in [-0.05, 0) is 52.0 Å². The number of benzene rings is 1. The van der Waals surface area contributed by atoms with E-state index in [2.05, 4.69) is 11.4 Å². The third-order valence-corrected chi connectivity index (χ3v) is 3.78. The van der Waals surface area contributed by atoms with Crippen LogP contribution in [0.1, 0.15) is 58.6 Å². The van der Waals surface area contributed by atoms with E-state index in [9.17, 15) is 4.79 Å². The van der Waals surface area contributed by atoms with Gasteiger partial charge in [-0.3, -0.25) is 0 Å². The summed E-state index contributed by atoms with van der Waals surface area (Å²) in [5.41, 5.74) is 0.338. The molecular weight excluding hydrogens is 306 g/mol. The lowest BCUT2D eigenvalue weighted by Crippen LogP contribution is -2.35. The van der Waals surface area contributed by atoms with E-state index < -0.39 is 11.7 Å². The first-order valence-corrected chi connectivity index (χ1v) is 8.55. The highest BCUT2D eigenvalue weighted by Gasteiger charge is 2.25. The summed E-state index contributed by atoms with van der Waals surface area (Å²) in [5.74, 6) is 1.88. The summed E-state index contributed by atoms with van der Waals surface area (Å²) >= 11 is 0. The Bertz CT molecular complexity index is 561. The van der Waals surface area contributed by atoms with E-state index >= 15 is 0 Å². The van der Waals surface area contributed by atoms with Crippen molar-refractivity contribution in [3.05, 3.63) is 23.8 Å². The molecule has 1 aromatic rings. The van der Waals surface area contributed by atoms with Crippen LogP contribution in [0.2, 0.25) is 0 Å². The average molecular weight is 334 g/mol. The quantitative estimate of drug-likeness (QED) is 0.809. The molecule has 0 spiro atoms. The highest BCUT2D eigenvalue weighted by molar-refractivity contribution is 5.68. The van der Waals surface area contributed by atoms with Crippen LogP contribution < -0.4 is 14.8 Å². The van der Waals surface area contributed by atoms with E-state index in [0.717, 1.165) is 5.56 Å². The maximum atomic E-state index is 12.1. The van der Waals surface area contributed by atoms with Crippen LogP contribution in [0.25, 0.3) is 0 Å². The molecule has 1 radical (unpaired) electrons. The van der Waals surface area contributed by atoms with Gasteiger partial charge in [0, 0.05) is 11.6 Å². The van der Waals surface area contributed by atoms with E-state index in [0.29, 0.717) is 30.4 Å². The highest BCUT2D eigenvalue weighted by Crippen LogP contribution is 2.37. The Morgan fingerprint density at radius 2 is 2.12 bits per heavy atom. The Kier molecular flexibility index (Phi) is 5.97. The van der Waals surface area contributed by atoms with Crippen LogP contribution in [-0.2, 0) is 4.74 Å². The summed E-state index contributed by atoms with van der Waals surface area (Å²) in [6.45, 7) is 8.22. The van der Waals surface area contributed by atoms with Gasteiger partial charge in [-0.15, -0.1) is 0 Å². The SMILES string of the molecule is CC[C@H](NC(=O)OC(C)(C)C)c1cc[c]c(OCC2CC2)c1OC. The van der Waals surface area contributed by atoms with Gasteiger partial charge in [0.15, 0.2) is 11.5 Å². The first kappa shape index (κ1) is 18.4. The number of hydrogen-bond acceptors (Lipinski definition) is 4. The van der Waals surface area contributed by atoms with Crippen LogP contribution in [0.15, 0.2) is 12.1 Å². The normalized spacial score (nSPS) is 15.5. The summed E-state index contributed by atoms with van der Waals surface area (Å²) in [4.78, 5) is 12.1. The second kappa shape index (κ2) is 7.77. The number of carbonyl (C=O) groups excluding carboxylic acids is 1. The number of carbonyl (C=O) groups is 1. The Labute approximate surface area is 144 Å². The topological polar surface area (TPSA) is 56.8 Å². The lowest BCUT2D eigenvalue weighted by molar-refractivity contribution is 0.0501. The smallest absolute Gasteiger partial charge is 0.408 e. The molecule has 5 heteroatoms. The fourth-order valence-electron chi connectivity index (χ4n) is 2.41. The molecule has 5 nitrogen and oxygen atoms in total. The second-order valence-corrected chi connectivity index (χ2v) is 7.16. The highest BCUT2D eigenvalue weighted by atomic mass is 16.6. The molecule has 1 aromatic carbocycles. The van der Waals surface area contributed by atoms with Crippen molar-refractivity contribution in [1.29, 1.82) is 0 Å².